The van der Waals surface area contributed by atoms with Crippen LogP contribution in [-0.4, -0.2) is 31.6 Å². The Hall–Kier alpha value is -2.52. The quantitative estimate of drug-likeness (QED) is 0.473. The van der Waals surface area contributed by atoms with Gasteiger partial charge in [0.25, 0.3) is 5.56 Å². The van der Waals surface area contributed by atoms with Gasteiger partial charge in [-0.15, -0.1) is 11.8 Å². The Morgan fingerprint density at radius 3 is 2.67 bits per heavy atom. The van der Waals surface area contributed by atoms with Crippen LogP contribution in [0.15, 0.2) is 43.6 Å². The maximum atomic E-state index is 13.4. The lowest BCUT2D eigenvalue weighted by molar-refractivity contribution is -0.113. The summed E-state index contributed by atoms with van der Waals surface area (Å²) >= 11 is 2.81. The van der Waals surface area contributed by atoms with E-state index in [1.807, 2.05) is 26.0 Å². The highest BCUT2D eigenvalue weighted by molar-refractivity contribution is 8.00. The van der Waals surface area contributed by atoms with Gasteiger partial charge in [0.15, 0.2) is 11.0 Å². The van der Waals surface area contributed by atoms with Crippen molar-refractivity contribution in [3.8, 4) is 5.69 Å². The van der Waals surface area contributed by atoms with Crippen molar-refractivity contribution in [1.29, 1.82) is 0 Å². The van der Waals surface area contributed by atoms with Crippen molar-refractivity contribution in [3.63, 3.8) is 0 Å². The Bertz CT molecular complexity index is 1170. The van der Waals surface area contributed by atoms with E-state index in [9.17, 15) is 9.59 Å². The minimum atomic E-state index is -0.238. The molecule has 9 heteroatoms. The zero-order chi connectivity index (χ0) is 21.4. The molecule has 1 amide bonds. The lowest BCUT2D eigenvalue weighted by Crippen LogP contribution is -2.25. The first-order valence-corrected chi connectivity index (χ1v) is 11.4. The van der Waals surface area contributed by atoms with E-state index in [1.165, 1.54) is 11.8 Å². The molecule has 0 saturated carbocycles. The van der Waals surface area contributed by atoms with Crippen LogP contribution >= 0.6 is 23.5 Å². The van der Waals surface area contributed by atoms with Crippen molar-refractivity contribution >= 4 is 35.2 Å². The van der Waals surface area contributed by atoms with Crippen molar-refractivity contribution in [3.05, 3.63) is 57.2 Å². The van der Waals surface area contributed by atoms with Gasteiger partial charge in [0.2, 0.25) is 5.91 Å². The van der Waals surface area contributed by atoms with Gasteiger partial charge in [-0.2, -0.15) is 0 Å². The Kier molecular flexibility index (Phi) is 5.75. The fraction of sp³-hybridized carbons (Fsp3) is 0.333. The third-order valence-corrected chi connectivity index (χ3v) is 6.73. The van der Waals surface area contributed by atoms with Gasteiger partial charge in [-0.25, -0.2) is 4.98 Å². The van der Waals surface area contributed by atoms with E-state index in [1.54, 1.807) is 29.3 Å². The molecule has 0 spiro atoms. The predicted octanol–water partition coefficient (Wildman–Crippen LogP) is 3.91. The predicted molar refractivity (Wildman–Crippen MR) is 119 cm³/mol. The number of anilines is 1. The molecule has 156 valence electrons. The molecule has 1 atom stereocenters. The molecule has 1 aromatic carbocycles. The molecule has 2 aromatic heterocycles. The van der Waals surface area contributed by atoms with Gasteiger partial charge in [0.1, 0.15) is 5.76 Å². The Balaban J connectivity index is 1.67. The minimum Gasteiger partial charge on any atom is -0.360 e. The number of fused-ring (bicyclic) bond motifs is 1. The van der Waals surface area contributed by atoms with Crippen LogP contribution in [0.3, 0.4) is 0 Å². The number of hydrogen-bond donors (Lipinski definition) is 1. The van der Waals surface area contributed by atoms with Crippen molar-refractivity contribution < 1.29 is 9.32 Å². The number of thioether (sulfide) groups is 2. The number of amides is 1. The van der Waals surface area contributed by atoms with Crippen LogP contribution in [0.4, 0.5) is 5.82 Å². The summed E-state index contributed by atoms with van der Waals surface area (Å²) in [7, 11) is 0. The van der Waals surface area contributed by atoms with Crippen LogP contribution in [0.25, 0.3) is 5.69 Å². The zero-order valence-corrected chi connectivity index (χ0v) is 18.8. The third kappa shape index (κ3) is 4.32. The van der Waals surface area contributed by atoms with Crippen LogP contribution in [0, 0.1) is 20.8 Å². The van der Waals surface area contributed by atoms with Crippen LogP contribution in [0.1, 0.15) is 29.5 Å². The molecule has 1 aliphatic heterocycles. The van der Waals surface area contributed by atoms with E-state index in [0.717, 1.165) is 28.9 Å². The molecular weight excluding hydrogens is 420 g/mol. The molecule has 3 heterocycles. The number of nitrogens with zero attached hydrogens (tertiary/aromatic N) is 3. The molecule has 1 N–H and O–H groups in total. The smallest absolute Gasteiger partial charge is 0.272 e. The lowest BCUT2D eigenvalue weighted by Gasteiger charge is -2.14. The highest BCUT2D eigenvalue weighted by Gasteiger charge is 2.27. The standard InChI is InChI=1S/C21H22N4O3S2/c1-11-5-12(2)7-15(6-11)25-20(27)19-16(9-14(4)30-19)22-21(25)29-10-18(26)23-17-8-13(3)28-24-17/h5-8,14H,9-10H2,1-4H3,(H,23,24,26)/t14-/m1/s1. The van der Waals surface area contributed by atoms with Gasteiger partial charge in [0.05, 0.1) is 22.0 Å². The highest BCUT2D eigenvalue weighted by Crippen LogP contribution is 2.35. The fourth-order valence-corrected chi connectivity index (χ4v) is 5.36. The molecule has 7 nitrogen and oxygen atoms in total. The fourth-order valence-electron chi connectivity index (χ4n) is 3.44. The van der Waals surface area contributed by atoms with Crippen LogP contribution in [0.5, 0.6) is 0 Å². The van der Waals surface area contributed by atoms with Crippen molar-refractivity contribution in [1.82, 2.24) is 14.7 Å². The summed E-state index contributed by atoms with van der Waals surface area (Å²) in [5, 5.41) is 7.31. The monoisotopic (exact) mass is 442 g/mol. The van der Waals surface area contributed by atoms with E-state index >= 15 is 0 Å². The van der Waals surface area contributed by atoms with E-state index in [4.69, 9.17) is 9.51 Å². The summed E-state index contributed by atoms with van der Waals surface area (Å²) in [5.74, 6) is 0.855. The number of hydrogen-bond acceptors (Lipinski definition) is 7. The molecule has 0 aliphatic carbocycles. The minimum absolute atomic E-state index is 0.0746. The van der Waals surface area contributed by atoms with Crippen molar-refractivity contribution in [2.45, 2.75) is 49.4 Å². The topological polar surface area (TPSA) is 90.0 Å². The number of carbonyl (C=O) groups is 1. The molecule has 0 fully saturated rings. The van der Waals surface area contributed by atoms with E-state index in [-0.39, 0.29) is 17.2 Å². The molecule has 1 aliphatic rings. The molecule has 30 heavy (non-hydrogen) atoms. The number of nitrogens with one attached hydrogen (secondary N) is 1. The lowest BCUT2D eigenvalue weighted by atomic mass is 10.1. The third-order valence-electron chi connectivity index (χ3n) is 4.57. The summed E-state index contributed by atoms with van der Waals surface area (Å²) in [6, 6.07) is 7.65. The Morgan fingerprint density at radius 1 is 1.27 bits per heavy atom. The average molecular weight is 443 g/mol. The Labute approximate surface area is 182 Å². The van der Waals surface area contributed by atoms with Crippen molar-refractivity contribution in [2.75, 3.05) is 11.1 Å². The van der Waals surface area contributed by atoms with Crippen LogP contribution < -0.4 is 10.9 Å². The van der Waals surface area contributed by atoms with Crippen LogP contribution in [0.2, 0.25) is 0 Å². The van der Waals surface area contributed by atoms with E-state index in [2.05, 4.69) is 23.5 Å². The molecule has 0 radical (unpaired) electrons. The molecule has 0 unspecified atom stereocenters. The second-order valence-electron chi connectivity index (χ2n) is 7.45. The van der Waals surface area contributed by atoms with Gasteiger partial charge >= 0.3 is 0 Å². The normalized spacial score (nSPS) is 15.3. The SMILES string of the molecule is Cc1cc(C)cc(-n2c(SCC(=O)Nc3cc(C)on3)nc3c(c2=O)S[C@H](C)C3)c1. The summed E-state index contributed by atoms with van der Waals surface area (Å²) < 4.78 is 6.60. The summed E-state index contributed by atoms with van der Waals surface area (Å²) in [4.78, 5) is 31.2. The number of aryl methyl sites for hydroxylation is 3. The molecule has 3 aromatic rings. The zero-order valence-electron chi connectivity index (χ0n) is 17.2. The Morgan fingerprint density at radius 2 is 2.00 bits per heavy atom. The maximum absolute atomic E-state index is 13.4. The average Bonchev–Trinajstić information content (AvgIpc) is 3.24. The number of carbonyl (C=O) groups excluding carboxylic acids is 1. The number of benzene rings is 1. The first kappa shape index (κ1) is 20.7. The van der Waals surface area contributed by atoms with E-state index < -0.39 is 0 Å². The summed E-state index contributed by atoms with van der Waals surface area (Å²) in [6.45, 7) is 7.85. The number of rotatable bonds is 5. The first-order valence-electron chi connectivity index (χ1n) is 9.57. The second kappa shape index (κ2) is 8.31. The second-order valence-corrected chi connectivity index (χ2v) is 9.84. The van der Waals surface area contributed by atoms with Gasteiger partial charge in [-0.3, -0.25) is 14.2 Å². The number of aromatic nitrogens is 3. The molecule has 4 rings (SSSR count). The molecular formula is C21H22N4O3S2. The van der Waals surface area contributed by atoms with Gasteiger partial charge in [-0.05, 0) is 44.0 Å². The largest absolute Gasteiger partial charge is 0.360 e. The summed E-state index contributed by atoms with van der Waals surface area (Å²) in [6.07, 6.45) is 0.751. The summed E-state index contributed by atoms with van der Waals surface area (Å²) in [5.41, 5.74) is 3.63. The van der Waals surface area contributed by atoms with Gasteiger partial charge < -0.3 is 9.84 Å². The molecule has 0 saturated heterocycles. The van der Waals surface area contributed by atoms with Crippen molar-refractivity contribution in [2.24, 2.45) is 0 Å². The van der Waals surface area contributed by atoms with Crippen LogP contribution in [-0.2, 0) is 11.2 Å². The first-order chi connectivity index (χ1) is 14.3. The highest BCUT2D eigenvalue weighted by atomic mass is 32.2. The molecule has 0 bridgehead atoms. The van der Waals surface area contributed by atoms with Gasteiger partial charge in [0, 0.05) is 17.7 Å². The van der Waals surface area contributed by atoms with Gasteiger partial charge in [-0.1, -0.05) is 29.9 Å². The van der Waals surface area contributed by atoms with E-state index in [0.29, 0.717) is 26.9 Å². The maximum Gasteiger partial charge on any atom is 0.272 e.